The van der Waals surface area contributed by atoms with Gasteiger partial charge in [0.2, 0.25) is 0 Å². The molecular weight excluding hydrogens is 230 g/mol. The van der Waals surface area contributed by atoms with E-state index >= 15 is 0 Å². The van der Waals surface area contributed by atoms with Crippen LogP contribution in [0.5, 0.6) is 5.75 Å². The summed E-state index contributed by atoms with van der Waals surface area (Å²) >= 11 is 0. The monoisotopic (exact) mass is 253 g/mol. The van der Waals surface area contributed by atoms with Crippen molar-refractivity contribution in [3.63, 3.8) is 0 Å². The normalized spacial score (nSPS) is 14.2. The zero-order valence-electron chi connectivity index (χ0n) is 11.1. The average Bonchev–Trinajstić information content (AvgIpc) is 2.39. The molecule has 0 fully saturated rings. The van der Waals surface area contributed by atoms with Gasteiger partial charge < -0.3 is 20.3 Å². The number of hydrogen-bond acceptors (Lipinski definition) is 4. The second-order valence-corrected chi connectivity index (χ2v) is 4.65. The summed E-state index contributed by atoms with van der Waals surface area (Å²) in [4.78, 5) is 0. The van der Waals surface area contributed by atoms with Gasteiger partial charge in [0, 0.05) is 12.0 Å². The van der Waals surface area contributed by atoms with Crippen LogP contribution in [0.4, 0.5) is 0 Å². The van der Waals surface area contributed by atoms with Crippen LogP contribution in [-0.2, 0) is 6.61 Å². The SMILES string of the molecule is CCNC(C)(CO)CCOc1cccc(CO)c1. The second-order valence-electron chi connectivity index (χ2n) is 4.65. The summed E-state index contributed by atoms with van der Waals surface area (Å²) in [7, 11) is 0. The van der Waals surface area contributed by atoms with Gasteiger partial charge >= 0.3 is 0 Å². The van der Waals surface area contributed by atoms with Crippen molar-refractivity contribution in [1.29, 1.82) is 0 Å². The molecule has 1 atom stereocenters. The molecule has 1 rings (SSSR count). The summed E-state index contributed by atoms with van der Waals surface area (Å²) in [6.07, 6.45) is 0.723. The number of ether oxygens (including phenoxy) is 1. The molecule has 0 aliphatic heterocycles. The van der Waals surface area contributed by atoms with Crippen molar-refractivity contribution in [3.8, 4) is 5.75 Å². The van der Waals surface area contributed by atoms with Crippen LogP contribution >= 0.6 is 0 Å². The van der Waals surface area contributed by atoms with Gasteiger partial charge in [-0.05, 0) is 31.2 Å². The van der Waals surface area contributed by atoms with Gasteiger partial charge in [-0.25, -0.2) is 0 Å². The molecule has 0 aromatic heterocycles. The Labute approximate surface area is 109 Å². The maximum atomic E-state index is 9.34. The number of benzene rings is 1. The minimum Gasteiger partial charge on any atom is -0.494 e. The largest absolute Gasteiger partial charge is 0.494 e. The number of likely N-dealkylation sites (N-methyl/N-ethyl adjacent to an activating group) is 1. The fraction of sp³-hybridized carbons (Fsp3) is 0.571. The number of aliphatic hydroxyl groups excluding tert-OH is 2. The first-order valence-corrected chi connectivity index (χ1v) is 6.32. The van der Waals surface area contributed by atoms with Crippen molar-refractivity contribution in [3.05, 3.63) is 29.8 Å². The highest BCUT2D eigenvalue weighted by Gasteiger charge is 2.21. The van der Waals surface area contributed by atoms with Crippen LogP contribution in [0, 0.1) is 0 Å². The Balaban J connectivity index is 2.44. The Morgan fingerprint density at radius 1 is 1.33 bits per heavy atom. The summed E-state index contributed by atoms with van der Waals surface area (Å²) in [5, 5.41) is 21.6. The molecule has 18 heavy (non-hydrogen) atoms. The van der Waals surface area contributed by atoms with Gasteiger partial charge in [0.25, 0.3) is 0 Å². The second kappa shape index (κ2) is 7.36. The predicted molar refractivity (Wildman–Crippen MR) is 71.6 cm³/mol. The third-order valence-electron chi connectivity index (χ3n) is 2.96. The van der Waals surface area contributed by atoms with Crippen LogP contribution in [0.1, 0.15) is 25.8 Å². The van der Waals surface area contributed by atoms with Gasteiger partial charge in [0.15, 0.2) is 0 Å². The Morgan fingerprint density at radius 3 is 2.72 bits per heavy atom. The van der Waals surface area contributed by atoms with Crippen molar-refractivity contribution in [2.45, 2.75) is 32.4 Å². The molecule has 0 spiro atoms. The lowest BCUT2D eigenvalue weighted by Crippen LogP contribution is -2.46. The molecule has 0 aliphatic carbocycles. The van der Waals surface area contributed by atoms with Gasteiger partial charge in [-0.3, -0.25) is 0 Å². The Kier molecular flexibility index (Phi) is 6.12. The molecule has 1 unspecified atom stereocenters. The van der Waals surface area contributed by atoms with E-state index in [-0.39, 0.29) is 18.8 Å². The van der Waals surface area contributed by atoms with E-state index < -0.39 is 0 Å². The first-order valence-electron chi connectivity index (χ1n) is 6.32. The molecule has 0 bridgehead atoms. The zero-order valence-corrected chi connectivity index (χ0v) is 11.1. The highest BCUT2D eigenvalue weighted by Crippen LogP contribution is 2.15. The van der Waals surface area contributed by atoms with Gasteiger partial charge in [-0.2, -0.15) is 0 Å². The lowest BCUT2D eigenvalue weighted by Gasteiger charge is -2.28. The van der Waals surface area contributed by atoms with Crippen LogP contribution in [0.2, 0.25) is 0 Å². The third kappa shape index (κ3) is 4.64. The van der Waals surface area contributed by atoms with Crippen molar-refractivity contribution >= 4 is 0 Å². The lowest BCUT2D eigenvalue weighted by molar-refractivity contribution is 0.145. The molecule has 4 heteroatoms. The lowest BCUT2D eigenvalue weighted by atomic mass is 10.00. The first kappa shape index (κ1) is 15.0. The summed E-state index contributed by atoms with van der Waals surface area (Å²) in [5.41, 5.74) is 0.535. The van der Waals surface area contributed by atoms with Gasteiger partial charge in [0.1, 0.15) is 5.75 Å². The van der Waals surface area contributed by atoms with Crippen LogP contribution < -0.4 is 10.1 Å². The maximum Gasteiger partial charge on any atom is 0.119 e. The molecule has 0 saturated carbocycles. The molecular formula is C14H23NO3. The van der Waals surface area contributed by atoms with Crippen molar-refractivity contribution in [2.24, 2.45) is 0 Å². The predicted octanol–water partition coefficient (Wildman–Crippen LogP) is 1.31. The summed E-state index contributed by atoms with van der Waals surface area (Å²) in [5.74, 6) is 0.748. The van der Waals surface area contributed by atoms with Crippen LogP contribution in [-0.4, -0.2) is 35.5 Å². The van der Waals surface area contributed by atoms with E-state index in [0.29, 0.717) is 6.61 Å². The first-order chi connectivity index (χ1) is 8.63. The highest BCUT2D eigenvalue weighted by atomic mass is 16.5. The Hall–Kier alpha value is -1.10. The molecule has 0 radical (unpaired) electrons. The number of nitrogens with one attached hydrogen (secondary N) is 1. The Bertz CT molecular complexity index is 357. The maximum absolute atomic E-state index is 9.34. The van der Waals surface area contributed by atoms with E-state index in [1.165, 1.54) is 0 Å². The van der Waals surface area contributed by atoms with Gasteiger partial charge in [0.05, 0.1) is 19.8 Å². The number of rotatable bonds is 8. The smallest absolute Gasteiger partial charge is 0.119 e. The fourth-order valence-corrected chi connectivity index (χ4v) is 1.78. The van der Waals surface area contributed by atoms with Crippen molar-refractivity contribution in [2.75, 3.05) is 19.8 Å². The third-order valence-corrected chi connectivity index (χ3v) is 2.96. The molecule has 0 saturated heterocycles. The van der Waals surface area contributed by atoms with E-state index in [1.54, 1.807) is 0 Å². The number of aliphatic hydroxyl groups is 2. The van der Waals surface area contributed by atoms with Crippen LogP contribution in [0.15, 0.2) is 24.3 Å². The van der Waals surface area contributed by atoms with Crippen LogP contribution in [0.3, 0.4) is 0 Å². The van der Waals surface area contributed by atoms with Crippen LogP contribution in [0.25, 0.3) is 0 Å². The summed E-state index contributed by atoms with van der Waals surface area (Å²) in [6, 6.07) is 7.39. The van der Waals surface area contributed by atoms with E-state index in [0.717, 1.165) is 24.3 Å². The number of hydrogen-bond donors (Lipinski definition) is 3. The molecule has 0 heterocycles. The Morgan fingerprint density at radius 2 is 2.11 bits per heavy atom. The summed E-state index contributed by atoms with van der Waals surface area (Å²) in [6.45, 7) is 5.43. The molecule has 4 nitrogen and oxygen atoms in total. The summed E-state index contributed by atoms with van der Waals surface area (Å²) < 4.78 is 5.63. The highest BCUT2D eigenvalue weighted by molar-refractivity contribution is 5.27. The zero-order chi connectivity index (χ0) is 13.4. The average molecular weight is 253 g/mol. The minimum absolute atomic E-state index is 0.0168. The van der Waals surface area contributed by atoms with E-state index in [4.69, 9.17) is 9.84 Å². The van der Waals surface area contributed by atoms with Gasteiger partial charge in [-0.15, -0.1) is 0 Å². The standard InChI is InChI=1S/C14H23NO3/c1-3-15-14(2,11-17)7-8-18-13-6-4-5-12(9-13)10-16/h4-6,9,15-17H,3,7-8,10-11H2,1-2H3. The molecule has 3 N–H and O–H groups in total. The molecule has 1 aromatic rings. The van der Waals surface area contributed by atoms with E-state index in [2.05, 4.69) is 5.32 Å². The van der Waals surface area contributed by atoms with Crippen molar-refractivity contribution < 1.29 is 14.9 Å². The minimum atomic E-state index is -0.302. The quantitative estimate of drug-likeness (QED) is 0.653. The van der Waals surface area contributed by atoms with E-state index in [1.807, 2.05) is 38.1 Å². The molecule has 1 aromatic carbocycles. The molecule has 0 aliphatic rings. The van der Waals surface area contributed by atoms with Crippen molar-refractivity contribution in [1.82, 2.24) is 5.32 Å². The topological polar surface area (TPSA) is 61.7 Å². The molecule has 0 amide bonds. The molecule has 102 valence electrons. The van der Waals surface area contributed by atoms with E-state index in [9.17, 15) is 5.11 Å². The van der Waals surface area contributed by atoms with Gasteiger partial charge in [-0.1, -0.05) is 19.1 Å². The fourth-order valence-electron chi connectivity index (χ4n) is 1.78.